The number of esters is 1. The predicted molar refractivity (Wildman–Crippen MR) is 132 cm³/mol. The van der Waals surface area contributed by atoms with Crippen LogP contribution in [0.1, 0.15) is 78.1 Å². The van der Waals surface area contributed by atoms with Gasteiger partial charge in [-0.3, -0.25) is 14.4 Å². The summed E-state index contributed by atoms with van der Waals surface area (Å²) in [4.78, 5) is 38.9. The van der Waals surface area contributed by atoms with Crippen LogP contribution in [0.2, 0.25) is 0 Å². The third-order valence-corrected chi connectivity index (χ3v) is 12.3. The minimum absolute atomic E-state index is 0.0148. The molecule has 4 heteroatoms. The average Bonchev–Trinajstić information content (AvgIpc) is 3.40. The quantitative estimate of drug-likeness (QED) is 0.377. The van der Waals surface area contributed by atoms with Crippen molar-refractivity contribution >= 4 is 17.5 Å². The van der Waals surface area contributed by atoms with E-state index in [0.29, 0.717) is 30.0 Å². The second-order valence-electron chi connectivity index (χ2n) is 13.4. The normalized spacial score (nSPS) is 51.4. The molecule has 4 nitrogen and oxygen atoms in total. The number of carbonyl (C=O) groups is 3. The lowest BCUT2D eigenvalue weighted by Gasteiger charge is -2.58. The van der Waals surface area contributed by atoms with E-state index in [9.17, 15) is 14.4 Å². The van der Waals surface area contributed by atoms with Crippen LogP contribution in [0.5, 0.6) is 0 Å². The molecule has 8 aliphatic rings. The van der Waals surface area contributed by atoms with Crippen molar-refractivity contribution in [1.29, 1.82) is 0 Å². The van der Waals surface area contributed by atoms with E-state index in [4.69, 9.17) is 4.74 Å². The molecule has 0 aliphatic heterocycles. The van der Waals surface area contributed by atoms with Crippen molar-refractivity contribution in [3.05, 3.63) is 36.0 Å². The van der Waals surface area contributed by atoms with E-state index >= 15 is 0 Å². The first-order valence-electron chi connectivity index (χ1n) is 14.1. The van der Waals surface area contributed by atoms with Gasteiger partial charge in [-0.1, -0.05) is 37.6 Å². The van der Waals surface area contributed by atoms with Gasteiger partial charge in [0.2, 0.25) is 0 Å². The number of ether oxygens (including phenoxy) is 1. The smallest absolute Gasteiger partial charge is 0.317 e. The topological polar surface area (TPSA) is 60.4 Å². The minimum Gasteiger partial charge on any atom is -0.461 e. The first-order chi connectivity index (χ1) is 16.8. The largest absolute Gasteiger partial charge is 0.461 e. The molecule has 2 bridgehead atoms. The Labute approximate surface area is 208 Å². The lowest BCUT2D eigenvalue weighted by atomic mass is 9.47. The minimum atomic E-state index is -0.771. The third kappa shape index (κ3) is 2.77. The molecule has 0 radical (unpaired) electrons. The summed E-state index contributed by atoms with van der Waals surface area (Å²) in [5, 5.41) is 0. The zero-order valence-electron chi connectivity index (χ0n) is 21.1. The predicted octanol–water partition coefficient (Wildman–Crippen LogP) is 5.77. The molecule has 0 spiro atoms. The van der Waals surface area contributed by atoms with E-state index in [1.807, 2.05) is 12.2 Å². The molecule has 10 atom stereocenters. The Morgan fingerprint density at radius 1 is 0.943 bits per heavy atom. The highest BCUT2D eigenvalue weighted by Gasteiger charge is 2.64. The lowest BCUT2D eigenvalue weighted by molar-refractivity contribution is -0.178. The van der Waals surface area contributed by atoms with E-state index in [2.05, 4.69) is 26.0 Å². The van der Waals surface area contributed by atoms with Crippen LogP contribution in [0.15, 0.2) is 36.0 Å². The molecule has 186 valence electrons. The van der Waals surface area contributed by atoms with Crippen molar-refractivity contribution < 1.29 is 19.1 Å². The summed E-state index contributed by atoms with van der Waals surface area (Å²) in [5.74, 6) is 2.17. The second kappa shape index (κ2) is 7.29. The molecule has 4 saturated carbocycles. The van der Waals surface area contributed by atoms with E-state index < -0.39 is 5.41 Å². The van der Waals surface area contributed by atoms with Gasteiger partial charge in [-0.2, -0.15) is 0 Å². The number of hydrogen-bond donors (Lipinski definition) is 0. The van der Waals surface area contributed by atoms with Crippen molar-refractivity contribution in [3.63, 3.8) is 0 Å². The fraction of sp³-hybridized carbons (Fsp3) is 0.710. The zero-order chi connectivity index (χ0) is 24.2. The first kappa shape index (κ1) is 22.2. The zero-order valence-corrected chi connectivity index (χ0v) is 21.1. The Morgan fingerprint density at radius 3 is 2.60 bits per heavy atom. The molecule has 0 saturated heterocycles. The number of rotatable bonds is 2. The summed E-state index contributed by atoms with van der Waals surface area (Å²) in [6.45, 7) is 4.81. The summed E-state index contributed by atoms with van der Waals surface area (Å²) < 4.78 is 6.52. The summed E-state index contributed by atoms with van der Waals surface area (Å²) in [7, 11) is 0. The standard InChI is InChI=1S/C31H38O4/c1-29-14-11-21(32)17-20(29)7-8-22-23-9-10-26(30(23,2)15-12-24(22)29)35-28(34)31-16-13-25(33)27(31)18-3-5-19(31)6-4-18/h3,5,13,16-19,22-24,26-27H,4,6-12,14-15H2,1-2H3/t18-,19-,22-,23-,24-,26+,27-,29-,30-,31+/m0/s1. The van der Waals surface area contributed by atoms with Crippen molar-refractivity contribution in [3.8, 4) is 0 Å². The van der Waals surface area contributed by atoms with Crippen molar-refractivity contribution in [2.24, 2.45) is 51.8 Å². The monoisotopic (exact) mass is 474 g/mol. The molecule has 0 heterocycles. The van der Waals surface area contributed by atoms with Crippen molar-refractivity contribution in [2.45, 2.75) is 84.2 Å². The molecule has 0 aromatic heterocycles. The van der Waals surface area contributed by atoms with Gasteiger partial charge in [0.1, 0.15) is 11.5 Å². The fourth-order valence-electron chi connectivity index (χ4n) is 10.4. The van der Waals surface area contributed by atoms with Crippen LogP contribution < -0.4 is 0 Å². The molecule has 0 aromatic rings. The number of hydrogen-bond acceptors (Lipinski definition) is 4. The van der Waals surface area contributed by atoms with E-state index in [-0.39, 0.29) is 46.4 Å². The molecule has 0 unspecified atom stereocenters. The Morgan fingerprint density at radius 2 is 1.80 bits per heavy atom. The molecule has 35 heavy (non-hydrogen) atoms. The van der Waals surface area contributed by atoms with E-state index in [0.717, 1.165) is 57.8 Å². The fourth-order valence-corrected chi connectivity index (χ4v) is 10.4. The maximum atomic E-state index is 14.0. The number of allylic oxidation sites excluding steroid dienone is 4. The summed E-state index contributed by atoms with van der Waals surface area (Å²) >= 11 is 0. The van der Waals surface area contributed by atoms with Crippen LogP contribution in [-0.2, 0) is 19.1 Å². The van der Waals surface area contributed by atoms with Gasteiger partial charge in [-0.05, 0) is 105 Å². The summed E-state index contributed by atoms with van der Waals surface area (Å²) in [6, 6.07) is 0. The number of ketones is 2. The Bertz CT molecular complexity index is 1100. The van der Waals surface area contributed by atoms with Gasteiger partial charge in [-0.15, -0.1) is 0 Å². The molecule has 8 rings (SSSR count). The van der Waals surface area contributed by atoms with Crippen LogP contribution in [-0.4, -0.2) is 23.6 Å². The number of fused-ring (bicyclic) bond motifs is 6. The maximum absolute atomic E-state index is 14.0. The maximum Gasteiger partial charge on any atom is 0.317 e. The number of carbonyl (C=O) groups excluding carboxylic acids is 3. The van der Waals surface area contributed by atoms with Gasteiger partial charge in [0.15, 0.2) is 11.6 Å². The van der Waals surface area contributed by atoms with Crippen LogP contribution in [0.4, 0.5) is 0 Å². The molecule has 0 amide bonds. The van der Waals surface area contributed by atoms with Crippen molar-refractivity contribution in [2.75, 3.05) is 0 Å². The molecule has 4 fully saturated rings. The van der Waals surface area contributed by atoms with Gasteiger partial charge < -0.3 is 4.74 Å². The van der Waals surface area contributed by atoms with Crippen molar-refractivity contribution in [1.82, 2.24) is 0 Å². The highest BCUT2D eigenvalue weighted by molar-refractivity contribution is 6.02. The van der Waals surface area contributed by atoms with Gasteiger partial charge in [0, 0.05) is 17.8 Å². The lowest BCUT2D eigenvalue weighted by Crippen LogP contribution is -2.54. The summed E-state index contributed by atoms with van der Waals surface area (Å²) in [5.41, 5.74) is 0.818. The third-order valence-electron chi connectivity index (χ3n) is 12.3. The highest BCUT2D eigenvalue weighted by Crippen LogP contribution is 2.66. The first-order valence-corrected chi connectivity index (χ1v) is 14.1. The molecular formula is C31H38O4. The average molecular weight is 475 g/mol. The van der Waals surface area contributed by atoms with Gasteiger partial charge >= 0.3 is 5.97 Å². The van der Waals surface area contributed by atoms with Crippen LogP contribution in [0, 0.1) is 51.8 Å². The van der Waals surface area contributed by atoms with Crippen LogP contribution >= 0.6 is 0 Å². The van der Waals surface area contributed by atoms with Gasteiger partial charge in [0.25, 0.3) is 0 Å². The Hall–Kier alpha value is -1.97. The van der Waals surface area contributed by atoms with Gasteiger partial charge in [-0.25, -0.2) is 0 Å². The Balaban J connectivity index is 1.14. The molecule has 0 aromatic carbocycles. The van der Waals surface area contributed by atoms with E-state index in [1.165, 1.54) is 5.57 Å². The van der Waals surface area contributed by atoms with Gasteiger partial charge in [0.05, 0.1) is 0 Å². The van der Waals surface area contributed by atoms with E-state index in [1.54, 1.807) is 6.08 Å². The van der Waals surface area contributed by atoms with Crippen LogP contribution in [0.3, 0.4) is 0 Å². The SMILES string of the molecule is C[C@]12CC[C@H]3[C@@H](CCC4=CC(=O)CC[C@@]43C)[C@@H]1CC[C@H]2OC(=O)[C@@]12C=CC(=O)[C@@H]1[C@H]1C=C[C@H]2CC1. The highest BCUT2D eigenvalue weighted by atomic mass is 16.5. The molecular weight excluding hydrogens is 436 g/mol. The second-order valence-corrected chi connectivity index (χ2v) is 13.4. The molecule has 0 N–H and O–H groups in total. The Kier molecular flexibility index (Phi) is 4.64. The summed E-state index contributed by atoms with van der Waals surface area (Å²) in [6.07, 6.45) is 20.0. The van der Waals surface area contributed by atoms with Crippen LogP contribution in [0.25, 0.3) is 0 Å². The molecule has 8 aliphatic carbocycles.